The Hall–Kier alpha value is -1.51. The molecule has 2 aliphatic rings. The van der Waals surface area contributed by atoms with E-state index in [4.69, 9.17) is 4.74 Å². The molecule has 1 heterocycles. The molecule has 1 aromatic carbocycles. The molecule has 1 aliphatic carbocycles. The fraction of sp³-hybridized carbons (Fsp3) is 0.588. The molecular formula is C17H23NO2. The Morgan fingerprint density at radius 2 is 2.00 bits per heavy atom. The highest BCUT2D eigenvalue weighted by Gasteiger charge is 2.16. The molecule has 3 rings (SSSR count). The Balaban J connectivity index is 1.55. The van der Waals surface area contributed by atoms with E-state index in [0.29, 0.717) is 12.5 Å². The summed E-state index contributed by atoms with van der Waals surface area (Å²) in [5.74, 6) is 1.15. The lowest BCUT2D eigenvalue weighted by Crippen LogP contribution is -2.35. The topological polar surface area (TPSA) is 38.3 Å². The number of nitrogens with one attached hydrogen (secondary N) is 1. The zero-order valence-corrected chi connectivity index (χ0v) is 12.0. The minimum absolute atomic E-state index is 0.163. The maximum absolute atomic E-state index is 12.2. The lowest BCUT2D eigenvalue weighted by molar-refractivity contribution is -0.121. The molecule has 0 aromatic heterocycles. The first-order valence-corrected chi connectivity index (χ1v) is 7.85. The Labute approximate surface area is 120 Å². The number of fused-ring (bicyclic) bond motifs is 1. The van der Waals surface area contributed by atoms with Gasteiger partial charge in [0.15, 0.2) is 0 Å². The molecule has 3 nitrogen and oxygen atoms in total. The molecule has 1 amide bonds. The van der Waals surface area contributed by atoms with Crippen molar-refractivity contribution in [1.82, 2.24) is 5.32 Å². The normalized spacial score (nSPS) is 19.0. The van der Waals surface area contributed by atoms with E-state index >= 15 is 0 Å². The molecule has 0 saturated heterocycles. The average molecular weight is 273 g/mol. The van der Waals surface area contributed by atoms with Gasteiger partial charge in [-0.25, -0.2) is 0 Å². The predicted octanol–water partition coefficient (Wildman–Crippen LogP) is 3.00. The first kappa shape index (κ1) is 13.5. The summed E-state index contributed by atoms with van der Waals surface area (Å²) in [6, 6.07) is 6.52. The van der Waals surface area contributed by atoms with E-state index in [9.17, 15) is 4.79 Å². The molecule has 0 spiro atoms. The second kappa shape index (κ2) is 6.29. The average Bonchev–Trinajstić information content (AvgIpc) is 2.75. The van der Waals surface area contributed by atoms with Crippen LogP contribution in [-0.2, 0) is 17.6 Å². The summed E-state index contributed by atoms with van der Waals surface area (Å²) in [5, 5.41) is 3.20. The number of benzene rings is 1. The summed E-state index contributed by atoms with van der Waals surface area (Å²) in [5.41, 5.74) is 2.34. The summed E-state index contributed by atoms with van der Waals surface area (Å²) >= 11 is 0. The van der Waals surface area contributed by atoms with Crippen LogP contribution in [0.4, 0.5) is 0 Å². The molecule has 0 bridgehead atoms. The van der Waals surface area contributed by atoms with Gasteiger partial charge >= 0.3 is 0 Å². The largest absolute Gasteiger partial charge is 0.493 e. The molecule has 1 fully saturated rings. The summed E-state index contributed by atoms with van der Waals surface area (Å²) in [6.07, 6.45) is 8.88. The van der Waals surface area contributed by atoms with Crippen LogP contribution in [-0.4, -0.2) is 18.6 Å². The van der Waals surface area contributed by atoms with E-state index in [1.54, 1.807) is 0 Å². The van der Waals surface area contributed by atoms with Gasteiger partial charge in [-0.05, 0) is 30.0 Å². The van der Waals surface area contributed by atoms with Gasteiger partial charge in [-0.15, -0.1) is 0 Å². The molecule has 1 aromatic rings. The fourth-order valence-corrected chi connectivity index (χ4v) is 3.24. The number of amides is 1. The van der Waals surface area contributed by atoms with Crippen molar-refractivity contribution >= 4 is 5.91 Å². The van der Waals surface area contributed by atoms with Crippen LogP contribution in [0.15, 0.2) is 18.2 Å². The van der Waals surface area contributed by atoms with Gasteiger partial charge < -0.3 is 10.1 Å². The number of carbonyl (C=O) groups is 1. The Morgan fingerprint density at radius 3 is 2.80 bits per heavy atom. The molecule has 3 heteroatoms. The van der Waals surface area contributed by atoms with Crippen molar-refractivity contribution in [2.24, 2.45) is 0 Å². The van der Waals surface area contributed by atoms with E-state index in [1.807, 2.05) is 12.1 Å². The molecule has 108 valence electrons. The monoisotopic (exact) mass is 273 g/mol. The van der Waals surface area contributed by atoms with E-state index in [1.165, 1.54) is 31.2 Å². The Kier molecular flexibility index (Phi) is 4.24. The van der Waals surface area contributed by atoms with E-state index < -0.39 is 0 Å². The number of ether oxygens (including phenoxy) is 1. The standard InChI is InChI=1S/C17H23NO2/c19-17(18-15-5-3-1-2-4-6-15)12-13-7-8-16-14(11-13)9-10-20-16/h7-8,11,15H,1-6,9-10,12H2,(H,18,19). The second-order valence-electron chi connectivity index (χ2n) is 5.97. The highest BCUT2D eigenvalue weighted by Crippen LogP contribution is 2.26. The lowest BCUT2D eigenvalue weighted by Gasteiger charge is -2.16. The highest BCUT2D eigenvalue weighted by molar-refractivity contribution is 5.79. The summed E-state index contributed by atoms with van der Waals surface area (Å²) in [6.45, 7) is 0.771. The van der Waals surface area contributed by atoms with Crippen molar-refractivity contribution in [3.8, 4) is 5.75 Å². The van der Waals surface area contributed by atoms with Crippen LogP contribution in [0, 0.1) is 0 Å². The fourth-order valence-electron chi connectivity index (χ4n) is 3.24. The molecule has 1 saturated carbocycles. The zero-order chi connectivity index (χ0) is 13.8. The Morgan fingerprint density at radius 1 is 1.20 bits per heavy atom. The minimum Gasteiger partial charge on any atom is -0.493 e. The first-order valence-electron chi connectivity index (χ1n) is 7.85. The highest BCUT2D eigenvalue weighted by atomic mass is 16.5. The molecule has 20 heavy (non-hydrogen) atoms. The van der Waals surface area contributed by atoms with Gasteiger partial charge in [0.25, 0.3) is 0 Å². The number of hydrogen-bond acceptors (Lipinski definition) is 2. The molecule has 0 unspecified atom stereocenters. The van der Waals surface area contributed by atoms with E-state index in [2.05, 4.69) is 11.4 Å². The molecule has 1 N–H and O–H groups in total. The third kappa shape index (κ3) is 3.33. The lowest BCUT2D eigenvalue weighted by atomic mass is 10.0. The van der Waals surface area contributed by atoms with Gasteiger partial charge in [0.1, 0.15) is 5.75 Å². The van der Waals surface area contributed by atoms with Crippen molar-refractivity contribution < 1.29 is 9.53 Å². The SMILES string of the molecule is O=C(Cc1ccc2c(c1)CCO2)NC1CCCCCC1. The van der Waals surface area contributed by atoms with Crippen LogP contribution in [0.5, 0.6) is 5.75 Å². The van der Waals surface area contributed by atoms with Crippen molar-refractivity contribution in [3.05, 3.63) is 29.3 Å². The quantitative estimate of drug-likeness (QED) is 0.860. The first-order chi connectivity index (χ1) is 9.81. The number of rotatable bonds is 3. The van der Waals surface area contributed by atoms with E-state index in [0.717, 1.165) is 37.2 Å². The van der Waals surface area contributed by atoms with Gasteiger partial charge in [-0.3, -0.25) is 4.79 Å². The summed E-state index contributed by atoms with van der Waals surface area (Å²) < 4.78 is 5.49. The zero-order valence-electron chi connectivity index (χ0n) is 12.0. The van der Waals surface area contributed by atoms with E-state index in [-0.39, 0.29) is 5.91 Å². The molecular weight excluding hydrogens is 250 g/mol. The van der Waals surface area contributed by atoms with Crippen LogP contribution in [0.1, 0.15) is 49.7 Å². The third-order valence-corrected chi connectivity index (χ3v) is 4.34. The summed E-state index contributed by atoms with van der Waals surface area (Å²) in [4.78, 5) is 12.2. The smallest absolute Gasteiger partial charge is 0.224 e. The van der Waals surface area contributed by atoms with Crippen molar-refractivity contribution in [3.63, 3.8) is 0 Å². The maximum Gasteiger partial charge on any atom is 0.224 e. The second-order valence-corrected chi connectivity index (χ2v) is 5.97. The van der Waals surface area contributed by atoms with Gasteiger partial charge in [0.2, 0.25) is 5.91 Å². The van der Waals surface area contributed by atoms with Crippen LogP contribution in [0.2, 0.25) is 0 Å². The third-order valence-electron chi connectivity index (χ3n) is 4.34. The van der Waals surface area contributed by atoms with Gasteiger partial charge in [-0.1, -0.05) is 37.8 Å². The summed E-state index contributed by atoms with van der Waals surface area (Å²) in [7, 11) is 0. The van der Waals surface area contributed by atoms with Gasteiger partial charge in [0, 0.05) is 12.5 Å². The minimum atomic E-state index is 0.163. The maximum atomic E-state index is 12.2. The molecule has 0 radical (unpaired) electrons. The van der Waals surface area contributed by atoms with Gasteiger partial charge in [0.05, 0.1) is 13.0 Å². The van der Waals surface area contributed by atoms with Gasteiger partial charge in [-0.2, -0.15) is 0 Å². The number of hydrogen-bond donors (Lipinski definition) is 1. The van der Waals surface area contributed by atoms with Crippen LogP contribution in [0.3, 0.4) is 0 Å². The van der Waals surface area contributed by atoms with Crippen molar-refractivity contribution in [2.45, 2.75) is 57.4 Å². The van der Waals surface area contributed by atoms with Crippen molar-refractivity contribution in [2.75, 3.05) is 6.61 Å². The molecule has 0 atom stereocenters. The van der Waals surface area contributed by atoms with Crippen LogP contribution >= 0.6 is 0 Å². The Bertz CT molecular complexity index is 476. The number of carbonyl (C=O) groups excluding carboxylic acids is 1. The van der Waals surface area contributed by atoms with Crippen LogP contribution in [0.25, 0.3) is 0 Å². The van der Waals surface area contributed by atoms with Crippen LogP contribution < -0.4 is 10.1 Å². The van der Waals surface area contributed by atoms with Crippen molar-refractivity contribution in [1.29, 1.82) is 0 Å². The predicted molar refractivity (Wildman–Crippen MR) is 79.0 cm³/mol. The molecule has 1 aliphatic heterocycles.